The molecule has 0 radical (unpaired) electrons. The van der Waals surface area contributed by atoms with Crippen molar-refractivity contribution in [3.63, 3.8) is 0 Å². The molecule has 0 atom stereocenters. The van der Waals surface area contributed by atoms with Gasteiger partial charge in [0.2, 0.25) is 0 Å². The molecule has 0 rings (SSSR count). The minimum absolute atomic E-state index is 0.615. The number of hydrogen-bond acceptors (Lipinski definition) is 3. The number of unbranched alkanes of at least 4 members (excludes halogenated alkanes) is 6. The highest BCUT2D eigenvalue weighted by Gasteiger charge is 2.30. The Morgan fingerprint density at radius 3 is 1.67 bits per heavy atom. The van der Waals surface area contributed by atoms with E-state index in [-0.39, 0.29) is 0 Å². The van der Waals surface area contributed by atoms with Gasteiger partial charge in [0.05, 0.1) is 0 Å². The van der Waals surface area contributed by atoms with E-state index in [9.17, 15) is 0 Å². The highest BCUT2D eigenvalue weighted by molar-refractivity contribution is 4.58. The van der Waals surface area contributed by atoms with E-state index in [0.717, 1.165) is 12.8 Å². The van der Waals surface area contributed by atoms with Gasteiger partial charge in [-0.1, -0.05) is 45.4 Å². The first-order valence-corrected chi connectivity index (χ1v) is 7.57. The highest BCUT2D eigenvalue weighted by Crippen LogP contribution is 2.23. The van der Waals surface area contributed by atoms with E-state index in [0.29, 0.717) is 13.2 Å². The normalized spacial score (nSPS) is 12.0. The van der Waals surface area contributed by atoms with Gasteiger partial charge in [-0.3, -0.25) is 0 Å². The first kappa shape index (κ1) is 17.9. The maximum atomic E-state index is 5.62. The predicted octanol–water partition coefficient (Wildman–Crippen LogP) is 4.50. The molecule has 0 spiro atoms. The Labute approximate surface area is 113 Å². The molecule has 110 valence electrons. The number of rotatable bonds is 13. The molecule has 0 aliphatic heterocycles. The third-order valence-electron chi connectivity index (χ3n) is 3.13. The van der Waals surface area contributed by atoms with Crippen molar-refractivity contribution in [2.75, 3.05) is 20.3 Å². The van der Waals surface area contributed by atoms with E-state index in [1.165, 1.54) is 38.5 Å². The Bertz CT molecular complexity index is 165. The lowest BCUT2D eigenvalue weighted by atomic mass is 10.1. The molecule has 0 aromatic carbocycles. The van der Waals surface area contributed by atoms with Crippen molar-refractivity contribution in [1.29, 1.82) is 0 Å². The van der Waals surface area contributed by atoms with Gasteiger partial charge in [-0.15, -0.1) is 0 Å². The number of methoxy groups -OCH3 is 1. The molecule has 0 aliphatic carbocycles. The highest BCUT2D eigenvalue weighted by atomic mass is 16.9. The molecule has 3 heteroatoms. The molecule has 0 unspecified atom stereocenters. The van der Waals surface area contributed by atoms with Crippen LogP contribution in [0.1, 0.15) is 72.1 Å². The lowest BCUT2D eigenvalue weighted by molar-refractivity contribution is -0.372. The Kier molecular flexibility index (Phi) is 11.9. The second kappa shape index (κ2) is 11.9. The van der Waals surface area contributed by atoms with E-state index < -0.39 is 5.97 Å². The van der Waals surface area contributed by atoms with Gasteiger partial charge < -0.3 is 14.2 Å². The molecule has 0 N–H and O–H groups in total. The lowest BCUT2D eigenvalue weighted by Gasteiger charge is -2.31. The van der Waals surface area contributed by atoms with Crippen LogP contribution < -0.4 is 0 Å². The molecule has 0 aromatic rings. The van der Waals surface area contributed by atoms with Gasteiger partial charge in [0.25, 0.3) is 5.97 Å². The van der Waals surface area contributed by atoms with Crippen LogP contribution in [-0.2, 0) is 14.2 Å². The van der Waals surface area contributed by atoms with Crippen LogP contribution in [0.25, 0.3) is 0 Å². The average molecular weight is 260 g/mol. The van der Waals surface area contributed by atoms with Crippen LogP contribution in [-0.4, -0.2) is 26.3 Å². The van der Waals surface area contributed by atoms with Gasteiger partial charge in [-0.25, -0.2) is 0 Å². The van der Waals surface area contributed by atoms with Crippen molar-refractivity contribution in [2.24, 2.45) is 0 Å². The van der Waals surface area contributed by atoms with Gasteiger partial charge >= 0.3 is 0 Å². The Balaban J connectivity index is 3.75. The second-order valence-corrected chi connectivity index (χ2v) is 4.62. The average Bonchev–Trinajstić information content (AvgIpc) is 2.38. The maximum absolute atomic E-state index is 5.62. The van der Waals surface area contributed by atoms with Gasteiger partial charge in [0.1, 0.15) is 0 Å². The van der Waals surface area contributed by atoms with Crippen LogP contribution in [0.15, 0.2) is 0 Å². The van der Waals surface area contributed by atoms with E-state index in [4.69, 9.17) is 14.2 Å². The van der Waals surface area contributed by atoms with Crippen LogP contribution in [0.5, 0.6) is 0 Å². The summed E-state index contributed by atoms with van der Waals surface area (Å²) < 4.78 is 16.7. The zero-order valence-corrected chi connectivity index (χ0v) is 12.8. The fourth-order valence-corrected chi connectivity index (χ4v) is 2.14. The van der Waals surface area contributed by atoms with Crippen LogP contribution in [0, 0.1) is 0 Å². The van der Waals surface area contributed by atoms with E-state index >= 15 is 0 Å². The Hall–Kier alpha value is -0.120. The third kappa shape index (κ3) is 8.06. The molecule has 0 heterocycles. The summed E-state index contributed by atoms with van der Waals surface area (Å²) in [4.78, 5) is 0. The van der Waals surface area contributed by atoms with Crippen molar-refractivity contribution < 1.29 is 14.2 Å². The van der Waals surface area contributed by atoms with Crippen LogP contribution >= 0.6 is 0 Å². The second-order valence-electron chi connectivity index (χ2n) is 4.62. The minimum atomic E-state index is -0.813. The Morgan fingerprint density at radius 2 is 1.22 bits per heavy atom. The van der Waals surface area contributed by atoms with Crippen molar-refractivity contribution in [3.05, 3.63) is 0 Å². The molecule has 0 saturated heterocycles. The van der Waals surface area contributed by atoms with Crippen LogP contribution in [0.4, 0.5) is 0 Å². The number of ether oxygens (including phenoxy) is 3. The van der Waals surface area contributed by atoms with Crippen LogP contribution in [0.3, 0.4) is 0 Å². The van der Waals surface area contributed by atoms with Crippen LogP contribution in [0.2, 0.25) is 0 Å². The molecular formula is C15H32O3. The minimum Gasteiger partial charge on any atom is -0.331 e. The summed E-state index contributed by atoms with van der Waals surface area (Å²) in [7, 11) is 1.66. The molecule has 0 saturated carbocycles. The fourth-order valence-electron chi connectivity index (χ4n) is 2.14. The van der Waals surface area contributed by atoms with Gasteiger partial charge in [-0.05, 0) is 20.3 Å². The van der Waals surface area contributed by atoms with Crippen molar-refractivity contribution in [2.45, 2.75) is 78.1 Å². The van der Waals surface area contributed by atoms with Gasteiger partial charge in [0.15, 0.2) is 0 Å². The summed E-state index contributed by atoms with van der Waals surface area (Å²) >= 11 is 0. The molecule has 18 heavy (non-hydrogen) atoms. The monoisotopic (exact) mass is 260 g/mol. The quantitative estimate of drug-likeness (QED) is 0.360. The molecule has 0 aliphatic rings. The topological polar surface area (TPSA) is 27.7 Å². The third-order valence-corrected chi connectivity index (χ3v) is 3.13. The van der Waals surface area contributed by atoms with E-state index in [1.807, 2.05) is 13.8 Å². The fraction of sp³-hybridized carbons (Fsp3) is 1.00. The zero-order valence-electron chi connectivity index (χ0n) is 12.8. The molecule has 0 amide bonds. The molecule has 3 nitrogen and oxygen atoms in total. The standard InChI is InChI=1S/C15H32O3/c1-5-8-9-10-11-12-13-14-15(16-4,17-6-2)18-7-3/h5-14H2,1-4H3. The summed E-state index contributed by atoms with van der Waals surface area (Å²) in [5.41, 5.74) is 0. The SMILES string of the molecule is CCCCCCCCCC(OC)(OCC)OCC. The summed E-state index contributed by atoms with van der Waals surface area (Å²) in [6.45, 7) is 7.42. The Morgan fingerprint density at radius 1 is 0.722 bits per heavy atom. The molecule has 0 bridgehead atoms. The smallest absolute Gasteiger partial charge is 0.282 e. The van der Waals surface area contributed by atoms with E-state index in [1.54, 1.807) is 7.11 Å². The first-order chi connectivity index (χ1) is 8.74. The maximum Gasteiger partial charge on any atom is 0.282 e. The van der Waals surface area contributed by atoms with Crippen molar-refractivity contribution in [3.8, 4) is 0 Å². The molecule has 0 aromatic heterocycles. The predicted molar refractivity (Wildman–Crippen MR) is 75.6 cm³/mol. The summed E-state index contributed by atoms with van der Waals surface area (Å²) in [5.74, 6) is -0.813. The van der Waals surface area contributed by atoms with Gasteiger partial charge in [-0.2, -0.15) is 0 Å². The lowest BCUT2D eigenvalue weighted by Crippen LogP contribution is -2.38. The number of hydrogen-bond donors (Lipinski definition) is 0. The largest absolute Gasteiger partial charge is 0.331 e. The van der Waals surface area contributed by atoms with E-state index in [2.05, 4.69) is 6.92 Å². The summed E-state index contributed by atoms with van der Waals surface area (Å²) in [6, 6.07) is 0. The first-order valence-electron chi connectivity index (χ1n) is 7.57. The van der Waals surface area contributed by atoms with Crippen molar-refractivity contribution >= 4 is 0 Å². The van der Waals surface area contributed by atoms with Gasteiger partial charge in [0, 0.05) is 26.7 Å². The van der Waals surface area contributed by atoms with Crippen molar-refractivity contribution in [1.82, 2.24) is 0 Å². The summed E-state index contributed by atoms with van der Waals surface area (Å²) in [6.07, 6.45) is 9.83. The molecular weight excluding hydrogens is 228 g/mol. The molecule has 0 fully saturated rings. The summed E-state index contributed by atoms with van der Waals surface area (Å²) in [5, 5.41) is 0. The zero-order chi connectivity index (χ0) is 13.7.